The summed E-state index contributed by atoms with van der Waals surface area (Å²) in [4.78, 5) is 0.208. The van der Waals surface area contributed by atoms with Crippen LogP contribution in [0.15, 0.2) is 47.4 Å². The summed E-state index contributed by atoms with van der Waals surface area (Å²) in [7, 11) is -0.591. The molecule has 6 heteroatoms. The van der Waals surface area contributed by atoms with Gasteiger partial charge in [-0.25, -0.2) is 8.42 Å². The third-order valence-electron chi connectivity index (χ3n) is 3.03. The summed E-state index contributed by atoms with van der Waals surface area (Å²) in [6, 6.07) is 11.5. The molecule has 2 aromatic carbocycles. The van der Waals surface area contributed by atoms with E-state index in [1.54, 1.807) is 49.4 Å². The number of nitrogens with one attached hydrogen (secondary N) is 1. The van der Waals surface area contributed by atoms with E-state index >= 15 is 0 Å². The Kier molecular flexibility index (Phi) is 4.37. The van der Waals surface area contributed by atoms with Crippen LogP contribution in [-0.4, -0.2) is 22.6 Å². The monoisotopic (exact) mass is 307 g/mol. The number of benzene rings is 2. The molecule has 0 spiro atoms. The summed E-state index contributed by atoms with van der Waals surface area (Å²) >= 11 is 0. The van der Waals surface area contributed by atoms with Crippen LogP contribution >= 0.6 is 0 Å². The van der Waals surface area contributed by atoms with E-state index in [0.717, 1.165) is 5.56 Å². The lowest BCUT2D eigenvalue weighted by Gasteiger charge is -2.14. The maximum Gasteiger partial charge on any atom is 0.261 e. The Morgan fingerprint density at radius 2 is 1.52 bits per heavy atom. The van der Waals surface area contributed by atoms with Crippen molar-refractivity contribution in [2.24, 2.45) is 0 Å². The molecule has 0 aliphatic carbocycles. The van der Waals surface area contributed by atoms with Crippen molar-refractivity contribution < 1.29 is 17.9 Å². The largest absolute Gasteiger partial charge is 0.493 e. The molecule has 0 fully saturated rings. The zero-order chi connectivity index (χ0) is 15.5. The molecule has 1 N–H and O–H groups in total. The minimum atomic E-state index is -3.63. The average Bonchev–Trinajstić information content (AvgIpc) is 2.49. The van der Waals surface area contributed by atoms with Gasteiger partial charge < -0.3 is 9.47 Å². The Labute approximate surface area is 124 Å². The molecular weight excluding hydrogens is 290 g/mol. The SMILES string of the molecule is COc1cc(C)c(NS(=O)(=O)c2ccccc2)cc1OC. The Hall–Kier alpha value is -2.21. The fourth-order valence-corrected chi connectivity index (χ4v) is 3.04. The lowest BCUT2D eigenvalue weighted by atomic mass is 10.2. The molecule has 2 rings (SSSR count). The predicted molar refractivity (Wildman–Crippen MR) is 81.5 cm³/mol. The zero-order valence-corrected chi connectivity index (χ0v) is 12.9. The molecule has 0 heterocycles. The number of methoxy groups -OCH3 is 2. The number of rotatable bonds is 5. The first-order valence-corrected chi connectivity index (χ1v) is 7.76. The van der Waals surface area contributed by atoms with Crippen LogP contribution in [0.3, 0.4) is 0 Å². The molecule has 0 aliphatic rings. The van der Waals surface area contributed by atoms with Crippen molar-refractivity contribution >= 4 is 15.7 Å². The quantitative estimate of drug-likeness (QED) is 0.922. The lowest BCUT2D eigenvalue weighted by Crippen LogP contribution is -2.13. The van der Waals surface area contributed by atoms with Crippen molar-refractivity contribution in [2.45, 2.75) is 11.8 Å². The van der Waals surface area contributed by atoms with Crippen LogP contribution in [0.2, 0.25) is 0 Å². The summed E-state index contributed by atoms with van der Waals surface area (Å²) < 4.78 is 37.6. The maximum absolute atomic E-state index is 12.3. The fourth-order valence-electron chi connectivity index (χ4n) is 1.89. The first-order valence-electron chi connectivity index (χ1n) is 6.28. The molecular formula is C15H17NO4S. The fraction of sp³-hybridized carbons (Fsp3) is 0.200. The Morgan fingerprint density at radius 1 is 0.952 bits per heavy atom. The molecule has 0 atom stereocenters. The van der Waals surface area contributed by atoms with Gasteiger partial charge in [0.1, 0.15) is 0 Å². The minimum absolute atomic E-state index is 0.208. The summed E-state index contributed by atoms with van der Waals surface area (Å²) in [6.07, 6.45) is 0. The van der Waals surface area contributed by atoms with Crippen LogP contribution < -0.4 is 14.2 Å². The van der Waals surface area contributed by atoms with Crippen molar-refractivity contribution in [3.05, 3.63) is 48.0 Å². The first-order chi connectivity index (χ1) is 9.97. The van der Waals surface area contributed by atoms with Crippen LogP contribution in [0.25, 0.3) is 0 Å². The highest BCUT2D eigenvalue weighted by Crippen LogP contribution is 2.33. The number of sulfonamides is 1. The summed E-state index contributed by atoms with van der Waals surface area (Å²) in [5.74, 6) is 1.02. The van der Waals surface area contributed by atoms with Gasteiger partial charge in [0.25, 0.3) is 10.0 Å². The average molecular weight is 307 g/mol. The topological polar surface area (TPSA) is 64.6 Å². The van der Waals surface area contributed by atoms with Crippen LogP contribution in [-0.2, 0) is 10.0 Å². The third kappa shape index (κ3) is 3.28. The van der Waals surface area contributed by atoms with Gasteiger partial charge in [0.05, 0.1) is 24.8 Å². The van der Waals surface area contributed by atoms with Gasteiger partial charge >= 0.3 is 0 Å². The Balaban J connectivity index is 2.40. The highest BCUT2D eigenvalue weighted by atomic mass is 32.2. The Morgan fingerprint density at radius 3 is 2.10 bits per heavy atom. The van der Waals surface area contributed by atoms with E-state index in [1.807, 2.05) is 0 Å². The van der Waals surface area contributed by atoms with Gasteiger partial charge in [-0.05, 0) is 30.7 Å². The minimum Gasteiger partial charge on any atom is -0.493 e. The lowest BCUT2D eigenvalue weighted by molar-refractivity contribution is 0.355. The van der Waals surface area contributed by atoms with Gasteiger partial charge in [0, 0.05) is 6.07 Å². The molecule has 0 saturated carbocycles. The zero-order valence-electron chi connectivity index (χ0n) is 12.1. The standard InChI is InChI=1S/C15H17NO4S/c1-11-9-14(19-2)15(20-3)10-13(11)16-21(17,18)12-7-5-4-6-8-12/h4-10,16H,1-3H3. The van der Waals surface area contributed by atoms with Gasteiger partial charge in [0.15, 0.2) is 11.5 Å². The highest BCUT2D eigenvalue weighted by molar-refractivity contribution is 7.92. The maximum atomic E-state index is 12.3. The highest BCUT2D eigenvalue weighted by Gasteiger charge is 2.16. The van der Waals surface area contributed by atoms with Crippen LogP contribution in [0.4, 0.5) is 5.69 Å². The van der Waals surface area contributed by atoms with Crippen molar-refractivity contribution in [3.63, 3.8) is 0 Å². The van der Waals surface area contributed by atoms with Gasteiger partial charge in [-0.2, -0.15) is 0 Å². The van der Waals surface area contributed by atoms with Gasteiger partial charge in [-0.1, -0.05) is 18.2 Å². The van der Waals surface area contributed by atoms with E-state index in [4.69, 9.17) is 9.47 Å². The van der Waals surface area contributed by atoms with E-state index in [2.05, 4.69) is 4.72 Å². The van der Waals surface area contributed by atoms with Gasteiger partial charge in [0.2, 0.25) is 0 Å². The second kappa shape index (κ2) is 6.05. The van der Waals surface area contributed by atoms with E-state index in [0.29, 0.717) is 17.2 Å². The van der Waals surface area contributed by atoms with Crippen molar-refractivity contribution in [1.82, 2.24) is 0 Å². The molecule has 2 aromatic rings. The second-order valence-corrected chi connectivity index (χ2v) is 6.12. The van der Waals surface area contributed by atoms with Crippen LogP contribution in [0.1, 0.15) is 5.56 Å². The van der Waals surface area contributed by atoms with E-state index in [-0.39, 0.29) is 4.90 Å². The molecule has 112 valence electrons. The number of aryl methyl sites for hydroxylation is 1. The van der Waals surface area contributed by atoms with E-state index in [1.165, 1.54) is 14.2 Å². The molecule has 0 bridgehead atoms. The molecule has 5 nitrogen and oxygen atoms in total. The van der Waals surface area contributed by atoms with Crippen LogP contribution in [0.5, 0.6) is 11.5 Å². The molecule has 0 saturated heterocycles. The van der Waals surface area contributed by atoms with Crippen molar-refractivity contribution in [3.8, 4) is 11.5 Å². The predicted octanol–water partition coefficient (Wildman–Crippen LogP) is 2.81. The summed E-state index contributed by atoms with van der Waals surface area (Å²) in [6.45, 7) is 1.80. The van der Waals surface area contributed by atoms with E-state index < -0.39 is 10.0 Å². The summed E-state index contributed by atoms with van der Waals surface area (Å²) in [5.41, 5.74) is 1.20. The third-order valence-corrected chi connectivity index (χ3v) is 4.41. The first kappa shape index (κ1) is 15.2. The van der Waals surface area contributed by atoms with Gasteiger partial charge in [-0.15, -0.1) is 0 Å². The molecule has 0 aromatic heterocycles. The number of ether oxygens (including phenoxy) is 2. The molecule has 0 unspecified atom stereocenters. The molecule has 0 radical (unpaired) electrons. The number of anilines is 1. The van der Waals surface area contributed by atoms with Gasteiger partial charge in [-0.3, -0.25) is 4.72 Å². The smallest absolute Gasteiger partial charge is 0.261 e. The summed E-state index contributed by atoms with van der Waals surface area (Å²) in [5, 5.41) is 0. The molecule has 21 heavy (non-hydrogen) atoms. The van der Waals surface area contributed by atoms with Crippen molar-refractivity contribution in [2.75, 3.05) is 18.9 Å². The number of hydrogen-bond donors (Lipinski definition) is 1. The van der Waals surface area contributed by atoms with Crippen LogP contribution in [0, 0.1) is 6.92 Å². The number of hydrogen-bond acceptors (Lipinski definition) is 4. The van der Waals surface area contributed by atoms with E-state index in [9.17, 15) is 8.42 Å². The molecule has 0 aliphatic heterocycles. The second-order valence-electron chi connectivity index (χ2n) is 4.44. The van der Waals surface area contributed by atoms with Crippen molar-refractivity contribution in [1.29, 1.82) is 0 Å². The molecule has 0 amide bonds. The Bertz CT molecular complexity index is 727. The normalized spacial score (nSPS) is 11.0.